The van der Waals surface area contributed by atoms with Gasteiger partial charge in [-0.25, -0.2) is 0 Å². The third kappa shape index (κ3) is 5.51. The number of nitrogens with one attached hydrogen (secondary N) is 1. The van der Waals surface area contributed by atoms with E-state index < -0.39 is 0 Å². The van der Waals surface area contributed by atoms with E-state index in [9.17, 15) is 4.79 Å². The minimum atomic E-state index is -0.327. The number of methoxy groups -OCH3 is 1. The number of halogens is 1. The first-order chi connectivity index (χ1) is 8.30. The van der Waals surface area contributed by atoms with Crippen LogP contribution in [0.4, 0.5) is 5.69 Å². The number of amides is 1. The maximum Gasteiger partial charge on any atom is 0.224 e. The molecule has 1 aromatic carbocycles. The van der Waals surface area contributed by atoms with Gasteiger partial charge in [-0.3, -0.25) is 4.79 Å². The highest BCUT2D eigenvalue weighted by Gasteiger charge is 2.13. The number of nitrogens with two attached hydrogens (primary N) is 1. The lowest BCUT2D eigenvalue weighted by Crippen LogP contribution is -2.33. The summed E-state index contributed by atoms with van der Waals surface area (Å²) in [4.78, 5) is 11.7. The van der Waals surface area contributed by atoms with E-state index in [4.69, 9.17) is 10.5 Å². The Labute approximate surface area is 116 Å². The van der Waals surface area contributed by atoms with Gasteiger partial charge >= 0.3 is 0 Å². The van der Waals surface area contributed by atoms with Gasteiger partial charge in [0.05, 0.1) is 7.11 Å². The third-order valence-corrected chi connectivity index (χ3v) is 2.84. The van der Waals surface area contributed by atoms with E-state index in [2.05, 4.69) is 21.2 Å². The molecule has 0 saturated heterocycles. The lowest BCUT2D eigenvalue weighted by atomic mass is 10.00. The topological polar surface area (TPSA) is 64.3 Å². The van der Waals surface area contributed by atoms with E-state index >= 15 is 0 Å². The van der Waals surface area contributed by atoms with Crippen molar-refractivity contribution in [1.29, 1.82) is 0 Å². The number of ether oxygens (including phenoxy) is 1. The van der Waals surface area contributed by atoms with Crippen LogP contribution in [0.5, 0.6) is 5.75 Å². The fraction of sp³-hybridized carbons (Fsp3) is 0.462. The van der Waals surface area contributed by atoms with Gasteiger partial charge in [0.25, 0.3) is 0 Å². The molecule has 0 bridgehead atoms. The number of hydrogen-bond donors (Lipinski definition) is 2. The molecule has 4 nitrogen and oxygen atoms in total. The molecule has 0 spiro atoms. The molecule has 1 rings (SSSR count). The second kappa shape index (κ2) is 6.20. The van der Waals surface area contributed by atoms with Crippen LogP contribution in [0.3, 0.4) is 0 Å². The van der Waals surface area contributed by atoms with Gasteiger partial charge in [0.1, 0.15) is 5.75 Å². The fourth-order valence-electron chi connectivity index (χ4n) is 1.41. The molecule has 0 atom stereocenters. The molecule has 0 heterocycles. The predicted molar refractivity (Wildman–Crippen MR) is 76.8 cm³/mol. The molecular weight excluding hydrogens is 296 g/mol. The Morgan fingerprint density at radius 3 is 2.67 bits per heavy atom. The van der Waals surface area contributed by atoms with E-state index in [0.29, 0.717) is 24.3 Å². The summed E-state index contributed by atoms with van der Waals surface area (Å²) in [6, 6.07) is 5.43. The average molecular weight is 315 g/mol. The van der Waals surface area contributed by atoms with Crippen LogP contribution in [0.15, 0.2) is 22.7 Å². The molecule has 0 aliphatic rings. The summed E-state index contributed by atoms with van der Waals surface area (Å²) in [5, 5.41) is 2.83. The summed E-state index contributed by atoms with van der Waals surface area (Å²) < 4.78 is 5.99. The number of anilines is 1. The van der Waals surface area contributed by atoms with Crippen molar-refractivity contribution in [3.63, 3.8) is 0 Å². The normalized spacial score (nSPS) is 11.2. The molecule has 0 unspecified atom stereocenters. The average Bonchev–Trinajstić information content (AvgIpc) is 2.24. The summed E-state index contributed by atoms with van der Waals surface area (Å²) in [6.45, 7) is 3.81. The molecule has 0 fully saturated rings. The molecule has 0 radical (unpaired) electrons. The molecule has 5 heteroatoms. The first-order valence-corrected chi connectivity index (χ1v) is 6.53. The molecule has 1 amide bonds. The van der Waals surface area contributed by atoms with E-state index in [1.54, 1.807) is 13.2 Å². The predicted octanol–water partition coefficient (Wildman–Crippen LogP) is 2.91. The van der Waals surface area contributed by atoms with Gasteiger partial charge in [-0.2, -0.15) is 0 Å². The van der Waals surface area contributed by atoms with Crippen LogP contribution in [0.2, 0.25) is 0 Å². The quantitative estimate of drug-likeness (QED) is 0.878. The molecule has 0 saturated carbocycles. The van der Waals surface area contributed by atoms with Gasteiger partial charge in [0, 0.05) is 28.2 Å². The third-order valence-electron chi connectivity index (χ3n) is 2.39. The van der Waals surface area contributed by atoms with Crippen LogP contribution in [0.1, 0.15) is 26.7 Å². The lowest BCUT2D eigenvalue weighted by Gasteiger charge is -2.17. The van der Waals surface area contributed by atoms with E-state index in [1.165, 1.54) is 0 Å². The summed E-state index contributed by atoms with van der Waals surface area (Å²) in [5.74, 6) is 0.646. The molecular formula is C13H19BrN2O2. The minimum Gasteiger partial charge on any atom is -0.497 e. The number of hydrogen-bond acceptors (Lipinski definition) is 3. The Hall–Kier alpha value is -1.07. The molecule has 0 aliphatic carbocycles. The van der Waals surface area contributed by atoms with Crippen LogP contribution < -0.4 is 15.8 Å². The highest BCUT2D eigenvalue weighted by Crippen LogP contribution is 2.24. The Bertz CT molecular complexity index is 427. The number of carbonyl (C=O) groups is 1. The van der Waals surface area contributed by atoms with Crippen molar-refractivity contribution >= 4 is 27.5 Å². The molecule has 3 N–H and O–H groups in total. The summed E-state index contributed by atoms with van der Waals surface area (Å²) >= 11 is 3.36. The summed E-state index contributed by atoms with van der Waals surface area (Å²) in [6.07, 6.45) is 1.04. The number of carbonyl (C=O) groups excluding carboxylic acids is 1. The van der Waals surface area contributed by atoms with Gasteiger partial charge in [-0.1, -0.05) is 15.9 Å². The Morgan fingerprint density at radius 1 is 1.44 bits per heavy atom. The first-order valence-electron chi connectivity index (χ1n) is 5.73. The number of benzene rings is 1. The second-order valence-electron chi connectivity index (χ2n) is 4.92. The van der Waals surface area contributed by atoms with Crippen molar-refractivity contribution in [3.8, 4) is 5.75 Å². The zero-order valence-corrected chi connectivity index (χ0v) is 12.5. The largest absolute Gasteiger partial charge is 0.497 e. The van der Waals surface area contributed by atoms with Crippen molar-refractivity contribution in [2.75, 3.05) is 12.4 Å². The zero-order valence-electron chi connectivity index (χ0n) is 10.9. The van der Waals surface area contributed by atoms with Gasteiger partial charge in [0.2, 0.25) is 5.91 Å². The summed E-state index contributed by atoms with van der Waals surface area (Å²) in [5.41, 5.74) is 6.22. The van der Waals surface area contributed by atoms with E-state index in [-0.39, 0.29) is 11.4 Å². The zero-order chi connectivity index (χ0) is 13.8. The van der Waals surface area contributed by atoms with Gasteiger partial charge in [-0.05, 0) is 32.4 Å². The van der Waals surface area contributed by atoms with Crippen LogP contribution in [-0.4, -0.2) is 18.6 Å². The molecule has 18 heavy (non-hydrogen) atoms. The Balaban J connectivity index is 2.61. The van der Waals surface area contributed by atoms with Crippen LogP contribution >= 0.6 is 15.9 Å². The second-order valence-corrected chi connectivity index (χ2v) is 5.83. The molecule has 1 aromatic rings. The van der Waals surface area contributed by atoms with Crippen LogP contribution in [-0.2, 0) is 4.79 Å². The molecule has 0 aromatic heterocycles. The van der Waals surface area contributed by atoms with Crippen molar-refractivity contribution in [1.82, 2.24) is 0 Å². The van der Waals surface area contributed by atoms with Crippen LogP contribution in [0, 0.1) is 0 Å². The van der Waals surface area contributed by atoms with Gasteiger partial charge < -0.3 is 15.8 Å². The standard InChI is InChI=1S/C13H19BrN2O2/c1-13(2,15)5-4-12(17)16-10-6-9(14)7-11(8-10)18-3/h6-8H,4-5,15H2,1-3H3,(H,16,17). The minimum absolute atomic E-state index is 0.0475. The van der Waals surface area contributed by atoms with E-state index in [0.717, 1.165) is 4.47 Å². The molecule has 0 aliphatic heterocycles. The highest BCUT2D eigenvalue weighted by atomic mass is 79.9. The Morgan fingerprint density at radius 2 is 2.11 bits per heavy atom. The van der Waals surface area contributed by atoms with Crippen molar-refractivity contribution in [3.05, 3.63) is 22.7 Å². The van der Waals surface area contributed by atoms with Crippen molar-refractivity contribution < 1.29 is 9.53 Å². The maximum absolute atomic E-state index is 11.7. The highest BCUT2D eigenvalue weighted by molar-refractivity contribution is 9.10. The fourth-order valence-corrected chi connectivity index (χ4v) is 1.88. The van der Waals surface area contributed by atoms with Crippen molar-refractivity contribution in [2.24, 2.45) is 5.73 Å². The Kier molecular flexibility index (Phi) is 5.16. The molecule has 100 valence electrons. The van der Waals surface area contributed by atoms with Gasteiger partial charge in [0.15, 0.2) is 0 Å². The first kappa shape index (κ1) is 15.0. The monoisotopic (exact) mass is 314 g/mol. The smallest absolute Gasteiger partial charge is 0.224 e. The van der Waals surface area contributed by atoms with Crippen molar-refractivity contribution in [2.45, 2.75) is 32.2 Å². The van der Waals surface area contributed by atoms with E-state index in [1.807, 2.05) is 26.0 Å². The number of rotatable bonds is 5. The SMILES string of the molecule is COc1cc(Br)cc(NC(=O)CCC(C)(C)N)c1. The lowest BCUT2D eigenvalue weighted by molar-refractivity contribution is -0.116. The van der Waals surface area contributed by atoms with Gasteiger partial charge in [-0.15, -0.1) is 0 Å². The van der Waals surface area contributed by atoms with Crippen LogP contribution in [0.25, 0.3) is 0 Å². The maximum atomic E-state index is 11.7. The summed E-state index contributed by atoms with van der Waals surface area (Å²) in [7, 11) is 1.59.